The summed E-state index contributed by atoms with van der Waals surface area (Å²) in [5.41, 5.74) is 3.56. The minimum absolute atomic E-state index is 0.548. The van der Waals surface area contributed by atoms with Gasteiger partial charge in [0.1, 0.15) is 0 Å². The van der Waals surface area contributed by atoms with E-state index >= 15 is 0 Å². The van der Waals surface area contributed by atoms with Gasteiger partial charge in [-0.1, -0.05) is 6.92 Å². The SMILES string of the molecule is CCSC1CCC(NC(=NC)NCc2c(C)nn(C)c2C)C1. The zero-order valence-corrected chi connectivity index (χ0v) is 15.3. The second-order valence-electron chi connectivity index (χ2n) is 5.93. The molecule has 2 unspecified atom stereocenters. The molecule has 0 saturated heterocycles. The Bertz CT molecular complexity index is 523. The fourth-order valence-electron chi connectivity index (χ4n) is 3.09. The van der Waals surface area contributed by atoms with E-state index in [4.69, 9.17) is 0 Å². The van der Waals surface area contributed by atoms with Gasteiger partial charge < -0.3 is 10.6 Å². The summed E-state index contributed by atoms with van der Waals surface area (Å²) in [7, 11) is 3.83. The van der Waals surface area contributed by atoms with Crippen LogP contribution in [-0.4, -0.2) is 39.8 Å². The molecule has 1 heterocycles. The van der Waals surface area contributed by atoms with Crippen LogP contribution >= 0.6 is 11.8 Å². The van der Waals surface area contributed by atoms with Gasteiger partial charge in [-0.15, -0.1) is 0 Å². The zero-order chi connectivity index (χ0) is 16.1. The molecular formula is C16H29N5S. The van der Waals surface area contributed by atoms with Gasteiger partial charge in [0.2, 0.25) is 0 Å². The lowest BCUT2D eigenvalue weighted by atomic mass is 10.2. The van der Waals surface area contributed by atoms with E-state index in [0.717, 1.165) is 23.4 Å². The molecule has 1 aromatic rings. The van der Waals surface area contributed by atoms with Gasteiger partial charge >= 0.3 is 0 Å². The first-order valence-electron chi connectivity index (χ1n) is 8.13. The molecule has 1 aliphatic rings. The van der Waals surface area contributed by atoms with E-state index in [1.54, 1.807) is 0 Å². The van der Waals surface area contributed by atoms with Gasteiger partial charge in [0, 0.05) is 43.2 Å². The highest BCUT2D eigenvalue weighted by molar-refractivity contribution is 7.99. The summed E-state index contributed by atoms with van der Waals surface area (Å²) in [6, 6.07) is 0.548. The Hall–Kier alpha value is -1.17. The van der Waals surface area contributed by atoms with Crippen molar-refractivity contribution in [3.8, 4) is 0 Å². The highest BCUT2D eigenvalue weighted by Crippen LogP contribution is 2.29. The number of hydrogen-bond acceptors (Lipinski definition) is 3. The first kappa shape index (κ1) is 17.2. The number of guanidine groups is 1. The molecule has 0 aliphatic heterocycles. The van der Waals surface area contributed by atoms with Crippen LogP contribution in [0.15, 0.2) is 4.99 Å². The lowest BCUT2D eigenvalue weighted by molar-refractivity contribution is 0.614. The van der Waals surface area contributed by atoms with Crippen LogP contribution in [0.3, 0.4) is 0 Å². The molecule has 0 aromatic carbocycles. The van der Waals surface area contributed by atoms with Gasteiger partial charge in [-0.25, -0.2) is 0 Å². The Kier molecular flexibility index (Phi) is 6.17. The monoisotopic (exact) mass is 323 g/mol. The van der Waals surface area contributed by atoms with E-state index in [1.807, 2.05) is 18.8 Å². The lowest BCUT2D eigenvalue weighted by Gasteiger charge is -2.17. The smallest absolute Gasteiger partial charge is 0.191 e. The minimum Gasteiger partial charge on any atom is -0.354 e. The van der Waals surface area contributed by atoms with Gasteiger partial charge in [0.15, 0.2) is 5.96 Å². The van der Waals surface area contributed by atoms with E-state index in [2.05, 4.69) is 53.3 Å². The van der Waals surface area contributed by atoms with E-state index in [9.17, 15) is 0 Å². The van der Waals surface area contributed by atoms with Crippen molar-refractivity contribution in [3.63, 3.8) is 0 Å². The average molecular weight is 324 g/mol. The molecule has 0 bridgehead atoms. The standard InChI is InChI=1S/C16H29N5S/c1-6-22-14-8-7-13(9-14)19-16(17-4)18-10-15-11(2)20-21(5)12(15)3/h13-14H,6-10H2,1-5H3,(H2,17,18,19). The molecule has 1 fully saturated rings. The molecule has 1 aliphatic carbocycles. The summed E-state index contributed by atoms with van der Waals surface area (Å²) in [4.78, 5) is 4.36. The molecule has 124 valence electrons. The third-order valence-electron chi connectivity index (χ3n) is 4.44. The third-order valence-corrected chi connectivity index (χ3v) is 5.68. The first-order valence-corrected chi connectivity index (χ1v) is 9.17. The number of nitrogens with zero attached hydrogens (tertiary/aromatic N) is 3. The van der Waals surface area contributed by atoms with Crippen molar-refractivity contribution in [1.29, 1.82) is 0 Å². The van der Waals surface area contributed by atoms with Crippen LogP contribution in [-0.2, 0) is 13.6 Å². The maximum Gasteiger partial charge on any atom is 0.191 e. The molecule has 2 N–H and O–H groups in total. The topological polar surface area (TPSA) is 54.2 Å². The number of aryl methyl sites for hydroxylation is 2. The summed E-state index contributed by atoms with van der Waals surface area (Å²) in [6.07, 6.45) is 3.79. The quantitative estimate of drug-likeness (QED) is 0.645. The summed E-state index contributed by atoms with van der Waals surface area (Å²) < 4.78 is 1.94. The summed E-state index contributed by atoms with van der Waals surface area (Å²) in [5, 5.41) is 12.3. The van der Waals surface area contributed by atoms with Gasteiger partial charge in [0.25, 0.3) is 0 Å². The van der Waals surface area contributed by atoms with Crippen molar-refractivity contribution in [1.82, 2.24) is 20.4 Å². The largest absolute Gasteiger partial charge is 0.354 e. The van der Waals surface area contributed by atoms with Crippen molar-refractivity contribution in [2.45, 2.75) is 57.9 Å². The van der Waals surface area contributed by atoms with Crippen LogP contribution in [0, 0.1) is 13.8 Å². The Balaban J connectivity index is 1.86. The number of aliphatic imine (C=N–C) groups is 1. The van der Waals surface area contributed by atoms with E-state index in [-0.39, 0.29) is 0 Å². The molecule has 2 rings (SSSR count). The Morgan fingerprint density at radius 2 is 2.18 bits per heavy atom. The second kappa shape index (κ2) is 7.90. The van der Waals surface area contributed by atoms with Gasteiger partial charge in [-0.05, 0) is 38.9 Å². The highest BCUT2D eigenvalue weighted by atomic mass is 32.2. The molecule has 1 aromatic heterocycles. The van der Waals surface area contributed by atoms with Crippen LogP contribution < -0.4 is 10.6 Å². The van der Waals surface area contributed by atoms with Crippen molar-refractivity contribution in [3.05, 3.63) is 17.0 Å². The van der Waals surface area contributed by atoms with E-state index in [1.165, 1.54) is 36.3 Å². The molecule has 22 heavy (non-hydrogen) atoms. The number of nitrogens with one attached hydrogen (secondary N) is 2. The van der Waals surface area contributed by atoms with Crippen LogP contribution in [0.25, 0.3) is 0 Å². The number of rotatable bonds is 5. The third kappa shape index (κ3) is 4.18. The Morgan fingerprint density at radius 3 is 2.77 bits per heavy atom. The summed E-state index contributed by atoms with van der Waals surface area (Å²) in [6.45, 7) is 7.18. The maximum atomic E-state index is 4.46. The van der Waals surface area contributed by atoms with Crippen molar-refractivity contribution < 1.29 is 0 Å². The Labute approximate surface area is 138 Å². The molecule has 0 spiro atoms. The fraction of sp³-hybridized carbons (Fsp3) is 0.750. The molecule has 5 nitrogen and oxygen atoms in total. The van der Waals surface area contributed by atoms with Crippen LogP contribution in [0.5, 0.6) is 0 Å². The van der Waals surface area contributed by atoms with E-state index in [0.29, 0.717) is 6.04 Å². The fourth-order valence-corrected chi connectivity index (χ4v) is 4.23. The zero-order valence-electron chi connectivity index (χ0n) is 14.4. The molecule has 2 atom stereocenters. The first-order chi connectivity index (χ1) is 10.5. The number of aromatic nitrogens is 2. The van der Waals surface area contributed by atoms with Crippen molar-refractivity contribution >= 4 is 17.7 Å². The molecule has 0 amide bonds. The molecule has 1 saturated carbocycles. The van der Waals surface area contributed by atoms with Gasteiger partial charge in [-0.3, -0.25) is 9.67 Å². The van der Waals surface area contributed by atoms with Gasteiger partial charge in [-0.2, -0.15) is 16.9 Å². The van der Waals surface area contributed by atoms with Gasteiger partial charge in [0.05, 0.1) is 5.69 Å². The highest BCUT2D eigenvalue weighted by Gasteiger charge is 2.25. The van der Waals surface area contributed by atoms with Crippen LogP contribution in [0.4, 0.5) is 0 Å². The lowest BCUT2D eigenvalue weighted by Crippen LogP contribution is -2.42. The predicted octanol–water partition coefficient (Wildman–Crippen LogP) is 2.38. The second-order valence-corrected chi connectivity index (χ2v) is 7.51. The molecular weight excluding hydrogens is 294 g/mol. The van der Waals surface area contributed by atoms with Crippen LogP contribution in [0.1, 0.15) is 43.1 Å². The predicted molar refractivity (Wildman–Crippen MR) is 95.6 cm³/mol. The number of hydrogen-bond donors (Lipinski definition) is 2. The normalized spacial score (nSPS) is 22.1. The van der Waals surface area contributed by atoms with Crippen molar-refractivity contribution in [2.24, 2.45) is 12.0 Å². The van der Waals surface area contributed by atoms with Crippen LogP contribution in [0.2, 0.25) is 0 Å². The minimum atomic E-state index is 0.548. The molecule has 0 radical (unpaired) electrons. The summed E-state index contributed by atoms with van der Waals surface area (Å²) in [5.74, 6) is 2.11. The number of thioether (sulfide) groups is 1. The Morgan fingerprint density at radius 1 is 1.41 bits per heavy atom. The average Bonchev–Trinajstić information content (AvgIpc) is 3.02. The maximum absolute atomic E-state index is 4.46. The summed E-state index contributed by atoms with van der Waals surface area (Å²) >= 11 is 2.08. The van der Waals surface area contributed by atoms with E-state index < -0.39 is 0 Å². The van der Waals surface area contributed by atoms with Crippen molar-refractivity contribution in [2.75, 3.05) is 12.8 Å². The molecule has 6 heteroatoms.